The number of nitrogens with one attached hydrogen (secondary N) is 4. The van der Waals surface area contributed by atoms with Crippen LogP contribution in [-0.4, -0.2) is 73.4 Å². The van der Waals surface area contributed by atoms with Crippen molar-refractivity contribution in [3.8, 4) is 0 Å². The summed E-state index contributed by atoms with van der Waals surface area (Å²) in [6.07, 6.45) is 0. The van der Waals surface area contributed by atoms with Gasteiger partial charge in [0.25, 0.3) is 0 Å². The number of amides is 4. The van der Waals surface area contributed by atoms with Crippen LogP contribution in [-0.2, 0) is 19.2 Å². The Balaban J connectivity index is 3.48. The number of rotatable bonds is 13. The van der Waals surface area contributed by atoms with Crippen molar-refractivity contribution < 1.29 is 19.2 Å². The van der Waals surface area contributed by atoms with Crippen LogP contribution in [0.1, 0.15) is 13.8 Å². The van der Waals surface area contributed by atoms with E-state index in [9.17, 15) is 19.2 Å². The van der Waals surface area contributed by atoms with Gasteiger partial charge in [-0.1, -0.05) is 21.6 Å². The van der Waals surface area contributed by atoms with Crippen molar-refractivity contribution in [2.24, 2.45) is 11.5 Å². The van der Waals surface area contributed by atoms with Crippen molar-refractivity contribution in [2.45, 2.75) is 25.9 Å². The molecule has 0 unspecified atom stereocenters. The van der Waals surface area contributed by atoms with Crippen molar-refractivity contribution in [3.05, 3.63) is 0 Å². The fraction of sp³-hybridized carbons (Fsp3) is 0.714. The lowest BCUT2D eigenvalue weighted by Gasteiger charge is -2.09. The molecular weight excluding hydrogens is 380 g/mol. The first kappa shape index (κ1) is 24.5. The average molecular weight is 409 g/mol. The van der Waals surface area contributed by atoms with E-state index in [1.54, 1.807) is 35.4 Å². The third-order valence-corrected chi connectivity index (χ3v) is 5.18. The minimum atomic E-state index is -0.643. The van der Waals surface area contributed by atoms with Gasteiger partial charge in [0, 0.05) is 24.6 Å². The van der Waals surface area contributed by atoms with E-state index in [-0.39, 0.29) is 36.7 Å². The smallest absolute Gasteiger partial charge is 0.239 e. The standard InChI is InChI=1S/C14H28N6O4S2/c1-9(15)13(23)19-7-11(21)17-3-5-25-26-6-4-18-12(22)8-20-14(24)10(2)16/h9-10H,3-8,15-16H2,1-2H3,(H,17,21)(H,18,22)(H,19,23)(H,20,24)/t9-,10-/m0/s1. The van der Waals surface area contributed by atoms with Gasteiger partial charge in [-0.15, -0.1) is 0 Å². The first-order chi connectivity index (χ1) is 12.2. The highest BCUT2D eigenvalue weighted by Gasteiger charge is 2.09. The van der Waals surface area contributed by atoms with Crippen LogP contribution in [0.4, 0.5) is 0 Å². The predicted octanol–water partition coefficient (Wildman–Crippen LogP) is -2.47. The van der Waals surface area contributed by atoms with Crippen LogP contribution in [0.5, 0.6) is 0 Å². The van der Waals surface area contributed by atoms with Gasteiger partial charge in [-0.2, -0.15) is 0 Å². The van der Waals surface area contributed by atoms with E-state index < -0.39 is 12.1 Å². The molecule has 8 N–H and O–H groups in total. The summed E-state index contributed by atoms with van der Waals surface area (Å²) in [5.74, 6) is 0.0939. The molecule has 10 nitrogen and oxygen atoms in total. The Morgan fingerprint density at radius 1 is 0.731 bits per heavy atom. The molecule has 0 fully saturated rings. The van der Waals surface area contributed by atoms with Gasteiger partial charge in [-0.05, 0) is 13.8 Å². The molecule has 150 valence electrons. The number of hydrogen-bond acceptors (Lipinski definition) is 8. The zero-order chi connectivity index (χ0) is 19.9. The van der Waals surface area contributed by atoms with Crippen molar-refractivity contribution in [3.63, 3.8) is 0 Å². The molecule has 0 aliphatic rings. The van der Waals surface area contributed by atoms with Crippen molar-refractivity contribution in [1.82, 2.24) is 21.3 Å². The maximum Gasteiger partial charge on any atom is 0.239 e. The molecular formula is C14H28N6O4S2. The summed E-state index contributed by atoms with van der Waals surface area (Å²) >= 11 is 0. The third-order valence-electron chi connectivity index (χ3n) is 2.77. The number of nitrogens with two attached hydrogens (primary N) is 2. The van der Waals surface area contributed by atoms with E-state index in [0.717, 1.165) is 0 Å². The number of carbonyl (C=O) groups is 4. The Kier molecular flexibility index (Phi) is 13.8. The van der Waals surface area contributed by atoms with Crippen molar-refractivity contribution in [1.29, 1.82) is 0 Å². The van der Waals surface area contributed by atoms with Crippen LogP contribution in [0.25, 0.3) is 0 Å². The van der Waals surface area contributed by atoms with Crippen LogP contribution in [0.3, 0.4) is 0 Å². The minimum Gasteiger partial charge on any atom is -0.354 e. The normalized spacial score (nSPS) is 12.6. The summed E-state index contributed by atoms with van der Waals surface area (Å²) in [4.78, 5) is 45.3. The molecule has 0 aromatic heterocycles. The molecule has 0 saturated carbocycles. The number of hydrogen-bond donors (Lipinski definition) is 6. The van der Waals surface area contributed by atoms with Crippen molar-refractivity contribution >= 4 is 45.2 Å². The van der Waals surface area contributed by atoms with E-state index in [0.29, 0.717) is 24.6 Å². The van der Waals surface area contributed by atoms with Crippen LogP contribution >= 0.6 is 21.6 Å². The highest BCUT2D eigenvalue weighted by Crippen LogP contribution is 2.19. The Morgan fingerprint density at radius 3 is 1.38 bits per heavy atom. The summed E-state index contributed by atoms with van der Waals surface area (Å²) in [6, 6.07) is -1.29. The number of carbonyl (C=O) groups excluding carboxylic acids is 4. The summed E-state index contributed by atoms with van der Waals surface area (Å²) in [5.41, 5.74) is 10.7. The van der Waals surface area contributed by atoms with Gasteiger partial charge in [0.1, 0.15) is 0 Å². The van der Waals surface area contributed by atoms with Crippen molar-refractivity contribution in [2.75, 3.05) is 37.7 Å². The topological polar surface area (TPSA) is 168 Å². The zero-order valence-corrected chi connectivity index (χ0v) is 16.6. The van der Waals surface area contributed by atoms with E-state index >= 15 is 0 Å². The second-order valence-electron chi connectivity index (χ2n) is 5.36. The molecule has 0 spiro atoms. The molecule has 12 heteroatoms. The van der Waals surface area contributed by atoms with Crippen LogP contribution in [0.2, 0.25) is 0 Å². The molecule has 0 aromatic rings. The molecule has 0 radical (unpaired) electrons. The van der Waals surface area contributed by atoms with Gasteiger partial charge in [0.15, 0.2) is 0 Å². The van der Waals surface area contributed by atoms with E-state index in [4.69, 9.17) is 11.5 Å². The Labute approximate surface area is 161 Å². The summed E-state index contributed by atoms with van der Waals surface area (Å²) in [5, 5.41) is 10.2. The second kappa shape index (κ2) is 14.6. The van der Waals surface area contributed by atoms with Gasteiger partial charge in [0.2, 0.25) is 23.6 Å². The highest BCUT2D eigenvalue weighted by molar-refractivity contribution is 8.76. The quantitative estimate of drug-likeness (QED) is 0.144. The average Bonchev–Trinajstić information content (AvgIpc) is 2.59. The fourth-order valence-electron chi connectivity index (χ4n) is 1.36. The van der Waals surface area contributed by atoms with Crippen LogP contribution in [0, 0.1) is 0 Å². The largest absolute Gasteiger partial charge is 0.354 e. The van der Waals surface area contributed by atoms with E-state index in [1.165, 1.54) is 0 Å². The Hall–Kier alpha value is -1.50. The summed E-state index contributed by atoms with van der Waals surface area (Å²) < 4.78 is 0. The first-order valence-corrected chi connectivity index (χ1v) is 10.6. The lowest BCUT2D eigenvalue weighted by molar-refractivity contribution is -0.126. The van der Waals surface area contributed by atoms with Gasteiger partial charge >= 0.3 is 0 Å². The molecule has 0 aliphatic heterocycles. The minimum absolute atomic E-state index is 0.0936. The van der Waals surface area contributed by atoms with Gasteiger partial charge in [0.05, 0.1) is 25.2 Å². The van der Waals surface area contributed by atoms with E-state index in [2.05, 4.69) is 21.3 Å². The van der Waals surface area contributed by atoms with Gasteiger partial charge in [-0.25, -0.2) is 0 Å². The second-order valence-corrected chi connectivity index (χ2v) is 8.06. The molecule has 26 heavy (non-hydrogen) atoms. The third kappa shape index (κ3) is 13.8. The van der Waals surface area contributed by atoms with Gasteiger partial charge < -0.3 is 32.7 Å². The fourth-order valence-corrected chi connectivity index (χ4v) is 3.18. The lowest BCUT2D eigenvalue weighted by Crippen LogP contribution is -2.43. The Morgan fingerprint density at radius 2 is 1.08 bits per heavy atom. The van der Waals surface area contributed by atoms with E-state index in [1.807, 2.05) is 0 Å². The lowest BCUT2D eigenvalue weighted by atomic mass is 10.3. The molecule has 0 aromatic carbocycles. The molecule has 4 amide bonds. The SMILES string of the molecule is C[C@H](N)C(=O)NCC(=O)NCCSSCCNC(=O)CNC(=O)[C@H](C)N. The molecule has 2 atom stereocenters. The molecule has 0 saturated heterocycles. The molecule has 0 heterocycles. The molecule has 0 rings (SSSR count). The van der Waals surface area contributed by atoms with Crippen LogP contribution in [0.15, 0.2) is 0 Å². The maximum atomic E-state index is 11.5. The maximum absolute atomic E-state index is 11.5. The predicted molar refractivity (Wildman–Crippen MR) is 104 cm³/mol. The molecule has 0 aliphatic carbocycles. The summed E-state index contributed by atoms with van der Waals surface area (Å²) in [7, 11) is 3.11. The Bertz CT molecular complexity index is 434. The van der Waals surface area contributed by atoms with Gasteiger partial charge in [-0.3, -0.25) is 19.2 Å². The zero-order valence-electron chi connectivity index (χ0n) is 15.0. The summed E-state index contributed by atoms with van der Waals surface area (Å²) in [6.45, 7) is 3.84. The molecule has 0 bridgehead atoms. The van der Waals surface area contributed by atoms with Crippen LogP contribution < -0.4 is 32.7 Å². The first-order valence-electron chi connectivity index (χ1n) is 8.08. The monoisotopic (exact) mass is 408 g/mol. The highest BCUT2D eigenvalue weighted by atomic mass is 33.1.